The quantitative estimate of drug-likeness (QED) is 0.544. The van der Waals surface area contributed by atoms with Gasteiger partial charge in [0.05, 0.1) is 0 Å². The van der Waals surface area contributed by atoms with Crippen molar-refractivity contribution in [2.75, 3.05) is 17.6 Å². The van der Waals surface area contributed by atoms with E-state index in [1.807, 2.05) is 23.9 Å². The van der Waals surface area contributed by atoms with Crippen LogP contribution in [-0.4, -0.2) is 12.3 Å². The lowest BCUT2D eigenvalue weighted by atomic mass is 10.3. The molecule has 0 spiro atoms. The van der Waals surface area contributed by atoms with E-state index < -0.39 is 0 Å². The van der Waals surface area contributed by atoms with Crippen molar-refractivity contribution in [3.05, 3.63) is 57.5 Å². The molecule has 0 bridgehead atoms. The average Bonchev–Trinajstić information content (AvgIpc) is 2.39. The van der Waals surface area contributed by atoms with Gasteiger partial charge in [0.1, 0.15) is 0 Å². The van der Waals surface area contributed by atoms with E-state index in [9.17, 15) is 0 Å². The maximum absolute atomic E-state index is 3.44. The zero-order valence-corrected chi connectivity index (χ0v) is 13.7. The predicted octanol–water partition coefficient (Wildman–Crippen LogP) is 5.42. The van der Waals surface area contributed by atoms with Crippen LogP contribution < -0.4 is 5.32 Å². The zero-order chi connectivity index (χ0) is 12.8. The molecule has 0 amide bonds. The van der Waals surface area contributed by atoms with E-state index in [0.717, 1.165) is 26.9 Å². The van der Waals surface area contributed by atoms with Crippen molar-refractivity contribution >= 4 is 49.3 Å². The van der Waals surface area contributed by atoms with Crippen molar-refractivity contribution in [3.8, 4) is 0 Å². The first-order valence-electron chi connectivity index (χ1n) is 5.62. The first-order valence-corrected chi connectivity index (χ1v) is 8.19. The Morgan fingerprint density at radius 2 is 1.39 bits per heavy atom. The summed E-state index contributed by atoms with van der Waals surface area (Å²) in [6, 6.07) is 16.7. The second kappa shape index (κ2) is 7.22. The van der Waals surface area contributed by atoms with Gasteiger partial charge in [0.2, 0.25) is 0 Å². The summed E-state index contributed by atoms with van der Waals surface area (Å²) in [5, 5.41) is 3.40. The number of nitrogens with one attached hydrogen (secondary N) is 1. The molecule has 0 aliphatic heterocycles. The van der Waals surface area contributed by atoms with Gasteiger partial charge < -0.3 is 5.32 Å². The van der Waals surface area contributed by atoms with Gasteiger partial charge in [0.25, 0.3) is 0 Å². The largest absolute Gasteiger partial charge is 0.384 e. The highest BCUT2D eigenvalue weighted by Crippen LogP contribution is 2.20. The lowest BCUT2D eigenvalue weighted by Gasteiger charge is -2.06. The Bertz CT molecular complexity index is 435. The van der Waals surface area contributed by atoms with Crippen LogP contribution in [0.15, 0.2) is 62.4 Å². The monoisotopic (exact) mass is 385 g/mol. The molecule has 1 N–H and O–H groups in total. The molecule has 0 fully saturated rings. The molecule has 0 aromatic heterocycles. The second-order valence-electron chi connectivity index (χ2n) is 3.74. The zero-order valence-electron chi connectivity index (χ0n) is 9.70. The maximum Gasteiger partial charge on any atom is 0.0341 e. The van der Waals surface area contributed by atoms with E-state index in [1.54, 1.807) is 0 Å². The summed E-state index contributed by atoms with van der Waals surface area (Å²) in [6.45, 7) is 0.961. The molecule has 2 rings (SSSR count). The van der Waals surface area contributed by atoms with E-state index in [4.69, 9.17) is 0 Å². The minimum atomic E-state index is 0.961. The fourth-order valence-electron chi connectivity index (χ4n) is 1.46. The molecule has 0 unspecified atom stereocenters. The number of hydrogen-bond acceptors (Lipinski definition) is 2. The second-order valence-corrected chi connectivity index (χ2v) is 6.74. The average molecular weight is 387 g/mol. The number of rotatable bonds is 5. The normalized spacial score (nSPS) is 10.3. The van der Waals surface area contributed by atoms with E-state index in [-0.39, 0.29) is 0 Å². The van der Waals surface area contributed by atoms with Crippen LogP contribution in [0.25, 0.3) is 0 Å². The molecule has 0 heterocycles. The van der Waals surface area contributed by atoms with Crippen molar-refractivity contribution in [2.45, 2.75) is 4.90 Å². The Balaban J connectivity index is 1.73. The highest BCUT2D eigenvalue weighted by atomic mass is 79.9. The topological polar surface area (TPSA) is 12.0 Å². The molecule has 0 aliphatic carbocycles. The van der Waals surface area contributed by atoms with Gasteiger partial charge in [-0.3, -0.25) is 0 Å². The molecule has 0 saturated carbocycles. The maximum atomic E-state index is 3.44. The van der Waals surface area contributed by atoms with Crippen molar-refractivity contribution in [1.82, 2.24) is 0 Å². The molecule has 0 saturated heterocycles. The molecule has 0 radical (unpaired) electrons. The van der Waals surface area contributed by atoms with Gasteiger partial charge in [-0.05, 0) is 48.5 Å². The van der Waals surface area contributed by atoms with Crippen LogP contribution in [0.5, 0.6) is 0 Å². The van der Waals surface area contributed by atoms with Crippen LogP contribution in [-0.2, 0) is 0 Å². The third-order valence-corrected chi connectivity index (χ3v) is 4.43. The first kappa shape index (κ1) is 14.0. The lowest BCUT2D eigenvalue weighted by Crippen LogP contribution is -2.03. The Morgan fingerprint density at radius 3 is 2.00 bits per heavy atom. The SMILES string of the molecule is Brc1ccc(NCCSc2ccc(Br)cc2)cc1. The first-order chi connectivity index (χ1) is 8.74. The van der Waals surface area contributed by atoms with E-state index in [1.165, 1.54) is 4.90 Å². The molecule has 94 valence electrons. The van der Waals surface area contributed by atoms with Crippen molar-refractivity contribution in [1.29, 1.82) is 0 Å². The molecule has 18 heavy (non-hydrogen) atoms. The molecular formula is C14H13Br2NS. The summed E-state index contributed by atoms with van der Waals surface area (Å²) in [7, 11) is 0. The van der Waals surface area contributed by atoms with Gasteiger partial charge in [-0.2, -0.15) is 0 Å². The fraction of sp³-hybridized carbons (Fsp3) is 0.143. The van der Waals surface area contributed by atoms with Crippen LogP contribution >= 0.6 is 43.6 Å². The van der Waals surface area contributed by atoms with Crippen LogP contribution in [0.2, 0.25) is 0 Å². The van der Waals surface area contributed by atoms with E-state index >= 15 is 0 Å². The highest BCUT2D eigenvalue weighted by Gasteiger charge is 1.95. The van der Waals surface area contributed by atoms with Gasteiger partial charge in [-0.1, -0.05) is 31.9 Å². The standard InChI is InChI=1S/C14H13Br2NS/c15-11-1-5-13(6-2-11)17-9-10-18-14-7-3-12(16)4-8-14/h1-8,17H,9-10H2. The van der Waals surface area contributed by atoms with Gasteiger partial charge >= 0.3 is 0 Å². The molecule has 0 aliphatic rings. The van der Waals surface area contributed by atoms with Gasteiger partial charge in [0.15, 0.2) is 0 Å². The molecule has 0 atom stereocenters. The van der Waals surface area contributed by atoms with Crippen molar-refractivity contribution in [2.24, 2.45) is 0 Å². The van der Waals surface area contributed by atoms with Crippen molar-refractivity contribution in [3.63, 3.8) is 0 Å². The number of hydrogen-bond donors (Lipinski definition) is 1. The number of thioether (sulfide) groups is 1. The smallest absolute Gasteiger partial charge is 0.0341 e. The molecule has 1 nitrogen and oxygen atoms in total. The summed E-state index contributed by atoms with van der Waals surface area (Å²) in [6.07, 6.45) is 0. The molecule has 4 heteroatoms. The van der Waals surface area contributed by atoms with Crippen LogP contribution in [0.1, 0.15) is 0 Å². The van der Waals surface area contributed by atoms with Crippen LogP contribution in [0.4, 0.5) is 5.69 Å². The van der Waals surface area contributed by atoms with E-state index in [0.29, 0.717) is 0 Å². The van der Waals surface area contributed by atoms with E-state index in [2.05, 4.69) is 73.6 Å². The Morgan fingerprint density at radius 1 is 0.833 bits per heavy atom. The van der Waals surface area contributed by atoms with Gasteiger partial charge in [0, 0.05) is 31.8 Å². The minimum absolute atomic E-state index is 0.961. The Hall–Kier alpha value is -0.450. The van der Waals surface area contributed by atoms with Crippen LogP contribution in [0, 0.1) is 0 Å². The Kier molecular flexibility index (Phi) is 5.60. The van der Waals surface area contributed by atoms with Gasteiger partial charge in [-0.25, -0.2) is 0 Å². The van der Waals surface area contributed by atoms with Crippen molar-refractivity contribution < 1.29 is 0 Å². The molecule has 2 aromatic carbocycles. The number of halogens is 2. The predicted molar refractivity (Wildman–Crippen MR) is 87.5 cm³/mol. The minimum Gasteiger partial charge on any atom is -0.384 e. The summed E-state index contributed by atoms with van der Waals surface area (Å²) in [5.74, 6) is 1.05. The highest BCUT2D eigenvalue weighted by molar-refractivity contribution is 9.10. The van der Waals surface area contributed by atoms with Crippen LogP contribution in [0.3, 0.4) is 0 Å². The van der Waals surface area contributed by atoms with Gasteiger partial charge in [-0.15, -0.1) is 11.8 Å². The summed E-state index contributed by atoms with van der Waals surface area (Å²) < 4.78 is 2.23. The molecular weight excluding hydrogens is 374 g/mol. The number of benzene rings is 2. The third kappa shape index (κ3) is 4.67. The summed E-state index contributed by atoms with van der Waals surface area (Å²) >= 11 is 8.73. The summed E-state index contributed by atoms with van der Waals surface area (Å²) in [4.78, 5) is 1.30. The third-order valence-electron chi connectivity index (χ3n) is 2.36. The Labute approximate surface area is 129 Å². The fourth-order valence-corrected chi connectivity index (χ4v) is 2.76. The number of anilines is 1. The molecule has 2 aromatic rings. The lowest BCUT2D eigenvalue weighted by molar-refractivity contribution is 1.22. The summed E-state index contributed by atoms with van der Waals surface area (Å²) in [5.41, 5.74) is 1.16.